The van der Waals surface area contributed by atoms with E-state index in [1.54, 1.807) is 6.07 Å². The van der Waals surface area contributed by atoms with Crippen LogP contribution in [-0.2, 0) is 7.05 Å². The monoisotopic (exact) mass is 354 g/mol. The van der Waals surface area contributed by atoms with Gasteiger partial charge in [-0.25, -0.2) is 9.37 Å². The lowest BCUT2D eigenvalue weighted by atomic mass is 9.96. The molecule has 0 radical (unpaired) electrons. The molecule has 0 aliphatic carbocycles. The van der Waals surface area contributed by atoms with E-state index < -0.39 is 0 Å². The third kappa shape index (κ3) is 2.79. The second-order valence-electron chi connectivity index (χ2n) is 7.26. The Morgan fingerprint density at radius 1 is 1.35 bits per heavy atom. The van der Waals surface area contributed by atoms with E-state index in [9.17, 15) is 9.18 Å². The predicted octanol–water partition coefficient (Wildman–Crippen LogP) is 3.68. The van der Waals surface area contributed by atoms with Crippen molar-refractivity contribution >= 4 is 16.8 Å². The number of piperidine rings is 1. The highest BCUT2D eigenvalue weighted by Gasteiger charge is 2.29. The van der Waals surface area contributed by atoms with Gasteiger partial charge in [-0.15, -0.1) is 0 Å². The fraction of sp³-hybridized carbons (Fsp3) is 0.400. The molecule has 5 nitrogen and oxygen atoms in total. The molecule has 0 unspecified atom stereocenters. The van der Waals surface area contributed by atoms with E-state index in [-0.39, 0.29) is 17.6 Å². The quantitative estimate of drug-likeness (QED) is 0.763. The van der Waals surface area contributed by atoms with Gasteiger partial charge in [0.15, 0.2) is 0 Å². The van der Waals surface area contributed by atoms with E-state index in [0.29, 0.717) is 12.2 Å². The first-order valence-electron chi connectivity index (χ1n) is 9.01. The molecule has 1 aromatic carbocycles. The molecule has 0 saturated carbocycles. The van der Waals surface area contributed by atoms with E-state index in [2.05, 4.69) is 14.5 Å². The normalized spacial score (nSPS) is 17.8. The van der Waals surface area contributed by atoms with Crippen LogP contribution in [0.5, 0.6) is 0 Å². The van der Waals surface area contributed by atoms with Gasteiger partial charge in [-0.3, -0.25) is 4.79 Å². The summed E-state index contributed by atoms with van der Waals surface area (Å²) in [5, 5.41) is 0.765. The second kappa shape index (κ2) is 6.27. The van der Waals surface area contributed by atoms with Crippen LogP contribution in [0, 0.1) is 19.7 Å². The van der Waals surface area contributed by atoms with Crippen LogP contribution in [0.2, 0.25) is 0 Å². The number of aromatic amines is 1. The summed E-state index contributed by atoms with van der Waals surface area (Å²) < 4.78 is 15.6. The Balaban J connectivity index is 1.62. The minimum absolute atomic E-state index is 0.0188. The maximum Gasteiger partial charge on any atom is 0.270 e. The summed E-state index contributed by atoms with van der Waals surface area (Å²) in [6.07, 6.45) is 4.01. The van der Waals surface area contributed by atoms with Crippen molar-refractivity contribution in [1.82, 2.24) is 19.4 Å². The third-order valence-corrected chi connectivity index (χ3v) is 5.34. The molecule has 0 spiro atoms. The highest BCUT2D eigenvalue weighted by molar-refractivity contribution is 6.01. The maximum absolute atomic E-state index is 13.5. The number of rotatable bonds is 2. The number of aromatic nitrogens is 3. The van der Waals surface area contributed by atoms with Crippen LogP contribution < -0.4 is 0 Å². The molecular formula is C20H23FN4O. The number of nitrogens with zero attached hydrogens (tertiary/aromatic N) is 3. The molecule has 1 aliphatic rings. The van der Waals surface area contributed by atoms with Gasteiger partial charge in [0.25, 0.3) is 5.91 Å². The standard InChI is InChI=1S/C20H23FN4O/c1-12-10-24(3)19(22-12)14-5-4-8-25(11-14)20(26)18-13(2)16-9-15(21)6-7-17(16)23-18/h6-7,9-10,14,23H,4-5,8,11H2,1-3H3/t14-/m0/s1. The van der Waals surface area contributed by atoms with Crippen molar-refractivity contribution in [3.05, 3.63) is 53.0 Å². The number of hydrogen-bond acceptors (Lipinski definition) is 2. The van der Waals surface area contributed by atoms with E-state index in [1.807, 2.05) is 32.0 Å². The number of amides is 1. The molecule has 1 atom stereocenters. The molecule has 1 aliphatic heterocycles. The van der Waals surface area contributed by atoms with Gasteiger partial charge in [-0.05, 0) is 50.5 Å². The van der Waals surface area contributed by atoms with Gasteiger partial charge >= 0.3 is 0 Å². The predicted molar refractivity (Wildman–Crippen MR) is 98.8 cm³/mol. The summed E-state index contributed by atoms with van der Waals surface area (Å²) >= 11 is 0. The van der Waals surface area contributed by atoms with Crippen molar-refractivity contribution < 1.29 is 9.18 Å². The number of carbonyl (C=O) groups excluding carboxylic acids is 1. The van der Waals surface area contributed by atoms with Gasteiger partial charge in [0.2, 0.25) is 0 Å². The molecule has 6 heteroatoms. The maximum atomic E-state index is 13.5. The van der Waals surface area contributed by atoms with Gasteiger partial charge in [0.1, 0.15) is 17.3 Å². The van der Waals surface area contributed by atoms with Crippen molar-refractivity contribution in [2.75, 3.05) is 13.1 Å². The van der Waals surface area contributed by atoms with Crippen LogP contribution >= 0.6 is 0 Å². The number of imidazole rings is 1. The number of H-pyrrole nitrogens is 1. The average Bonchev–Trinajstić information content (AvgIpc) is 3.13. The van der Waals surface area contributed by atoms with Crippen LogP contribution in [0.15, 0.2) is 24.4 Å². The molecule has 3 heterocycles. The van der Waals surface area contributed by atoms with Crippen molar-refractivity contribution in [2.24, 2.45) is 7.05 Å². The summed E-state index contributed by atoms with van der Waals surface area (Å²) in [6, 6.07) is 4.57. The third-order valence-electron chi connectivity index (χ3n) is 5.34. The van der Waals surface area contributed by atoms with E-state index >= 15 is 0 Å². The molecular weight excluding hydrogens is 331 g/mol. The van der Waals surface area contributed by atoms with Crippen LogP contribution in [0.3, 0.4) is 0 Å². The highest BCUT2D eigenvalue weighted by Crippen LogP contribution is 2.29. The number of carbonyl (C=O) groups is 1. The summed E-state index contributed by atoms with van der Waals surface area (Å²) in [5.74, 6) is 0.973. The minimum Gasteiger partial charge on any atom is -0.350 e. The van der Waals surface area contributed by atoms with Gasteiger partial charge in [-0.2, -0.15) is 0 Å². The Morgan fingerprint density at radius 3 is 2.88 bits per heavy atom. The molecule has 4 rings (SSSR count). The average molecular weight is 354 g/mol. The Kier molecular flexibility index (Phi) is 4.05. The highest BCUT2D eigenvalue weighted by atomic mass is 19.1. The number of nitrogens with one attached hydrogen (secondary N) is 1. The van der Waals surface area contributed by atoms with Crippen molar-refractivity contribution in [2.45, 2.75) is 32.6 Å². The van der Waals surface area contributed by atoms with Gasteiger partial charge < -0.3 is 14.5 Å². The molecule has 2 aromatic heterocycles. The number of benzene rings is 1. The summed E-state index contributed by atoms with van der Waals surface area (Å²) in [7, 11) is 2.01. The summed E-state index contributed by atoms with van der Waals surface area (Å²) in [5.41, 5.74) is 3.15. The number of likely N-dealkylation sites (tertiary alicyclic amines) is 1. The van der Waals surface area contributed by atoms with E-state index in [0.717, 1.165) is 47.4 Å². The zero-order chi connectivity index (χ0) is 18.4. The van der Waals surface area contributed by atoms with Crippen molar-refractivity contribution in [1.29, 1.82) is 0 Å². The Hall–Kier alpha value is -2.63. The Bertz CT molecular complexity index is 987. The molecule has 1 amide bonds. The molecule has 1 saturated heterocycles. The first kappa shape index (κ1) is 16.8. The fourth-order valence-electron chi connectivity index (χ4n) is 4.06. The van der Waals surface area contributed by atoms with E-state index in [4.69, 9.17) is 0 Å². The van der Waals surface area contributed by atoms with Gasteiger partial charge in [-0.1, -0.05) is 0 Å². The van der Waals surface area contributed by atoms with Gasteiger partial charge in [0.05, 0.1) is 5.69 Å². The Morgan fingerprint density at radius 2 is 2.15 bits per heavy atom. The molecule has 3 aromatic rings. The van der Waals surface area contributed by atoms with Gasteiger partial charge in [0, 0.05) is 43.2 Å². The lowest BCUT2D eigenvalue weighted by Crippen LogP contribution is -2.40. The van der Waals surface area contributed by atoms with E-state index in [1.165, 1.54) is 12.1 Å². The molecule has 26 heavy (non-hydrogen) atoms. The molecule has 136 valence electrons. The summed E-state index contributed by atoms with van der Waals surface area (Å²) in [4.78, 5) is 22.8. The van der Waals surface area contributed by atoms with Crippen LogP contribution in [0.4, 0.5) is 4.39 Å². The van der Waals surface area contributed by atoms with Crippen LogP contribution in [0.25, 0.3) is 10.9 Å². The minimum atomic E-state index is -0.290. The van der Waals surface area contributed by atoms with Crippen molar-refractivity contribution in [3.8, 4) is 0 Å². The number of hydrogen-bond donors (Lipinski definition) is 1. The lowest BCUT2D eigenvalue weighted by Gasteiger charge is -2.32. The number of fused-ring (bicyclic) bond motifs is 1. The lowest BCUT2D eigenvalue weighted by molar-refractivity contribution is 0.0698. The molecule has 1 N–H and O–H groups in total. The zero-order valence-corrected chi connectivity index (χ0v) is 15.3. The number of aryl methyl sites for hydroxylation is 3. The first-order valence-corrected chi connectivity index (χ1v) is 9.01. The fourth-order valence-corrected chi connectivity index (χ4v) is 4.06. The van der Waals surface area contributed by atoms with Crippen LogP contribution in [0.1, 0.15) is 46.3 Å². The molecule has 0 bridgehead atoms. The zero-order valence-electron chi connectivity index (χ0n) is 15.3. The topological polar surface area (TPSA) is 53.9 Å². The SMILES string of the molecule is Cc1cn(C)c([C@H]2CCCN(C(=O)c3[nH]c4ccc(F)cc4c3C)C2)n1. The second-order valence-corrected chi connectivity index (χ2v) is 7.26. The molecule has 1 fully saturated rings. The first-order chi connectivity index (χ1) is 12.4. The smallest absolute Gasteiger partial charge is 0.270 e. The van der Waals surface area contributed by atoms with Crippen molar-refractivity contribution in [3.63, 3.8) is 0 Å². The van der Waals surface area contributed by atoms with Crippen LogP contribution in [-0.4, -0.2) is 38.4 Å². The Labute approximate surface area is 151 Å². The largest absolute Gasteiger partial charge is 0.350 e. The summed E-state index contributed by atoms with van der Waals surface area (Å²) in [6.45, 7) is 5.26. The number of halogens is 1.